The molecule has 122 valence electrons. The Bertz CT molecular complexity index is 964. The van der Waals surface area contributed by atoms with Crippen LogP contribution in [-0.4, -0.2) is 16.8 Å². The van der Waals surface area contributed by atoms with Crippen molar-refractivity contribution in [2.45, 2.75) is 9.79 Å². The van der Waals surface area contributed by atoms with Crippen molar-refractivity contribution >= 4 is 54.5 Å². The standard InChI is InChI=1S/C14H9Cl3O4S2/c15-10-1-3-11(4-2-10)22(18,19)7-8-23(20,21)12-5-6-13(16)14(17)9-12/h1-9H/b8-7+. The van der Waals surface area contributed by atoms with Crippen molar-refractivity contribution in [2.75, 3.05) is 0 Å². The van der Waals surface area contributed by atoms with Crippen LogP contribution in [0.5, 0.6) is 0 Å². The Balaban J connectivity index is 2.37. The van der Waals surface area contributed by atoms with Crippen LogP contribution in [0.1, 0.15) is 0 Å². The molecular weight excluding hydrogens is 403 g/mol. The molecule has 0 saturated heterocycles. The molecule has 0 aliphatic carbocycles. The molecule has 0 aliphatic heterocycles. The first-order valence-electron chi connectivity index (χ1n) is 6.01. The molecule has 2 aromatic rings. The molecule has 0 fully saturated rings. The lowest BCUT2D eigenvalue weighted by Gasteiger charge is -2.02. The van der Waals surface area contributed by atoms with Gasteiger partial charge in [-0.1, -0.05) is 34.8 Å². The smallest absolute Gasteiger partial charge is 0.200 e. The highest BCUT2D eigenvalue weighted by molar-refractivity contribution is 7.97. The summed E-state index contributed by atoms with van der Waals surface area (Å²) in [5.41, 5.74) is 0. The van der Waals surface area contributed by atoms with E-state index in [-0.39, 0.29) is 19.8 Å². The zero-order valence-corrected chi connectivity index (χ0v) is 15.2. The van der Waals surface area contributed by atoms with Crippen LogP contribution in [0.3, 0.4) is 0 Å². The Hall–Kier alpha value is -1.05. The molecule has 0 atom stereocenters. The summed E-state index contributed by atoms with van der Waals surface area (Å²) < 4.78 is 48.5. The van der Waals surface area contributed by atoms with E-state index in [0.29, 0.717) is 15.8 Å². The average Bonchev–Trinajstić information content (AvgIpc) is 2.48. The van der Waals surface area contributed by atoms with E-state index in [1.807, 2.05) is 0 Å². The SMILES string of the molecule is O=S(=O)(/C=C/S(=O)(=O)c1ccc(Cl)c(Cl)c1)c1ccc(Cl)cc1. The molecule has 0 amide bonds. The van der Waals surface area contributed by atoms with Crippen molar-refractivity contribution in [1.82, 2.24) is 0 Å². The summed E-state index contributed by atoms with van der Waals surface area (Å²) >= 11 is 17.2. The highest BCUT2D eigenvalue weighted by Crippen LogP contribution is 2.26. The van der Waals surface area contributed by atoms with Gasteiger partial charge >= 0.3 is 0 Å². The maximum atomic E-state index is 12.2. The molecule has 2 rings (SSSR count). The Morgan fingerprint density at radius 1 is 0.652 bits per heavy atom. The van der Waals surface area contributed by atoms with Gasteiger partial charge in [0.25, 0.3) is 0 Å². The third-order valence-corrected chi connectivity index (χ3v) is 6.77. The first kappa shape index (κ1) is 18.3. The van der Waals surface area contributed by atoms with Gasteiger partial charge in [-0.15, -0.1) is 0 Å². The lowest BCUT2D eigenvalue weighted by Crippen LogP contribution is -2.00. The van der Waals surface area contributed by atoms with Crippen LogP contribution in [0, 0.1) is 0 Å². The first-order chi connectivity index (χ1) is 10.6. The van der Waals surface area contributed by atoms with Crippen LogP contribution in [0.4, 0.5) is 0 Å². The van der Waals surface area contributed by atoms with Crippen molar-refractivity contribution in [2.24, 2.45) is 0 Å². The third kappa shape index (κ3) is 4.49. The van der Waals surface area contributed by atoms with Gasteiger partial charge in [0, 0.05) is 15.8 Å². The van der Waals surface area contributed by atoms with Crippen molar-refractivity contribution in [3.05, 3.63) is 68.3 Å². The Labute approximate surface area is 149 Å². The molecule has 0 radical (unpaired) electrons. The van der Waals surface area contributed by atoms with Crippen molar-refractivity contribution < 1.29 is 16.8 Å². The number of halogens is 3. The van der Waals surface area contributed by atoms with E-state index in [1.165, 1.54) is 36.4 Å². The van der Waals surface area contributed by atoms with Crippen molar-refractivity contribution in [1.29, 1.82) is 0 Å². The van der Waals surface area contributed by atoms with E-state index in [1.54, 1.807) is 0 Å². The summed E-state index contributed by atoms with van der Waals surface area (Å²) in [7, 11) is -7.89. The summed E-state index contributed by atoms with van der Waals surface area (Å²) in [6.45, 7) is 0. The molecule has 9 heteroatoms. The molecule has 0 aliphatic rings. The summed E-state index contributed by atoms with van der Waals surface area (Å²) in [5.74, 6) is 0. The van der Waals surface area contributed by atoms with Gasteiger partial charge in [0.15, 0.2) is 0 Å². The summed E-state index contributed by atoms with van der Waals surface area (Å²) in [5, 5.41) is 1.85. The van der Waals surface area contributed by atoms with E-state index in [9.17, 15) is 16.8 Å². The number of hydrogen-bond donors (Lipinski definition) is 0. The predicted octanol–water partition coefficient (Wildman–Crippen LogP) is 4.37. The van der Waals surface area contributed by atoms with Gasteiger partial charge in [0.2, 0.25) is 19.7 Å². The zero-order chi connectivity index (χ0) is 17.3. The van der Waals surface area contributed by atoms with E-state index in [2.05, 4.69) is 0 Å². The predicted molar refractivity (Wildman–Crippen MR) is 91.4 cm³/mol. The maximum Gasteiger partial charge on any atom is 0.200 e. The highest BCUT2D eigenvalue weighted by atomic mass is 35.5. The molecule has 0 unspecified atom stereocenters. The number of rotatable bonds is 4. The zero-order valence-electron chi connectivity index (χ0n) is 11.3. The fourth-order valence-corrected chi connectivity index (χ4v) is 4.61. The quantitative estimate of drug-likeness (QED) is 0.749. The van der Waals surface area contributed by atoms with Gasteiger partial charge in [-0.25, -0.2) is 16.8 Å². The molecule has 0 saturated carbocycles. The second-order valence-electron chi connectivity index (χ2n) is 4.39. The fourth-order valence-electron chi connectivity index (χ4n) is 1.58. The second kappa shape index (κ2) is 6.83. The molecule has 0 N–H and O–H groups in total. The van der Waals surface area contributed by atoms with Crippen molar-refractivity contribution in [3.8, 4) is 0 Å². The Morgan fingerprint density at radius 3 is 1.65 bits per heavy atom. The van der Waals surface area contributed by atoms with Gasteiger partial charge in [-0.3, -0.25) is 0 Å². The molecular formula is C14H9Cl3O4S2. The van der Waals surface area contributed by atoms with Gasteiger partial charge in [-0.2, -0.15) is 0 Å². The highest BCUT2D eigenvalue weighted by Gasteiger charge is 2.16. The number of hydrogen-bond acceptors (Lipinski definition) is 4. The third-order valence-electron chi connectivity index (χ3n) is 2.78. The number of benzene rings is 2. The average molecular weight is 412 g/mol. The normalized spacial score (nSPS) is 12.7. The van der Waals surface area contributed by atoms with Crippen molar-refractivity contribution in [3.63, 3.8) is 0 Å². The molecule has 2 aromatic carbocycles. The minimum absolute atomic E-state index is 0.0571. The van der Waals surface area contributed by atoms with E-state index in [4.69, 9.17) is 34.8 Å². The largest absolute Gasteiger partial charge is 0.219 e. The minimum atomic E-state index is -3.98. The van der Waals surface area contributed by atoms with Crippen LogP contribution < -0.4 is 0 Å². The second-order valence-corrected chi connectivity index (χ2v) is 9.31. The number of sulfone groups is 2. The maximum absolute atomic E-state index is 12.2. The topological polar surface area (TPSA) is 68.3 Å². The molecule has 0 spiro atoms. The summed E-state index contributed by atoms with van der Waals surface area (Å²) in [6, 6.07) is 9.08. The summed E-state index contributed by atoms with van der Waals surface area (Å²) in [6.07, 6.45) is 0. The Morgan fingerprint density at radius 2 is 1.13 bits per heavy atom. The van der Waals surface area contributed by atoms with Gasteiger partial charge in [0.05, 0.1) is 19.8 Å². The lowest BCUT2D eigenvalue weighted by molar-refractivity contribution is 0.600. The van der Waals surface area contributed by atoms with Gasteiger partial charge < -0.3 is 0 Å². The monoisotopic (exact) mass is 410 g/mol. The lowest BCUT2D eigenvalue weighted by atomic mass is 10.4. The first-order valence-corrected chi connectivity index (χ1v) is 10.2. The minimum Gasteiger partial charge on any atom is -0.219 e. The molecule has 4 nitrogen and oxygen atoms in total. The van der Waals surface area contributed by atoms with E-state index in [0.717, 1.165) is 6.07 Å². The van der Waals surface area contributed by atoms with E-state index < -0.39 is 19.7 Å². The van der Waals surface area contributed by atoms with Crippen LogP contribution >= 0.6 is 34.8 Å². The van der Waals surface area contributed by atoms with Crippen LogP contribution in [0.15, 0.2) is 63.1 Å². The van der Waals surface area contributed by atoms with Crippen LogP contribution in [0.2, 0.25) is 15.1 Å². The Kier molecular flexibility index (Phi) is 5.43. The molecule has 0 aromatic heterocycles. The van der Waals surface area contributed by atoms with Gasteiger partial charge in [0.1, 0.15) is 0 Å². The fraction of sp³-hybridized carbons (Fsp3) is 0. The van der Waals surface area contributed by atoms with Crippen LogP contribution in [0.25, 0.3) is 0 Å². The van der Waals surface area contributed by atoms with E-state index >= 15 is 0 Å². The van der Waals surface area contributed by atoms with Gasteiger partial charge in [-0.05, 0) is 42.5 Å². The molecule has 23 heavy (non-hydrogen) atoms. The molecule has 0 bridgehead atoms. The molecule has 0 heterocycles. The summed E-state index contributed by atoms with van der Waals surface area (Å²) in [4.78, 5) is -0.225. The van der Waals surface area contributed by atoms with Crippen LogP contribution in [-0.2, 0) is 19.7 Å².